The summed E-state index contributed by atoms with van der Waals surface area (Å²) in [5, 5.41) is 2.01. The molecule has 2 heterocycles. The van der Waals surface area contributed by atoms with Crippen molar-refractivity contribution in [2.24, 2.45) is 0 Å². The monoisotopic (exact) mass is 259 g/mol. The summed E-state index contributed by atoms with van der Waals surface area (Å²) in [6, 6.07) is 9.90. The molecule has 2 aromatic rings. The fourth-order valence-corrected chi connectivity index (χ4v) is 3.92. The van der Waals surface area contributed by atoms with E-state index in [2.05, 4.69) is 6.58 Å². The van der Waals surface area contributed by atoms with Crippen molar-refractivity contribution < 1.29 is 4.79 Å². The van der Waals surface area contributed by atoms with Crippen LogP contribution in [-0.4, -0.2) is 5.91 Å². The number of fused-ring (bicyclic) bond motifs is 2. The van der Waals surface area contributed by atoms with E-state index in [0.29, 0.717) is 0 Å². The Morgan fingerprint density at radius 2 is 2.06 bits per heavy atom. The summed E-state index contributed by atoms with van der Waals surface area (Å²) in [6.45, 7) is 3.57. The molecule has 0 saturated heterocycles. The fraction of sp³-hybridized carbons (Fsp3) is 0. The highest BCUT2D eigenvalue weighted by Gasteiger charge is 2.27. The van der Waals surface area contributed by atoms with Crippen LogP contribution >= 0.6 is 23.1 Å². The van der Waals surface area contributed by atoms with Gasteiger partial charge in [0, 0.05) is 4.90 Å². The van der Waals surface area contributed by atoms with Crippen molar-refractivity contribution >= 4 is 40.4 Å². The Labute approximate surface area is 108 Å². The zero-order valence-corrected chi connectivity index (χ0v) is 10.6. The van der Waals surface area contributed by atoms with Gasteiger partial charge in [0.1, 0.15) is 0 Å². The number of nitrogens with zero attached hydrogens (tertiary/aromatic N) is 1. The molecule has 0 aliphatic carbocycles. The van der Waals surface area contributed by atoms with Gasteiger partial charge in [0.05, 0.1) is 15.6 Å². The zero-order chi connectivity index (χ0) is 11.8. The van der Waals surface area contributed by atoms with Gasteiger partial charge in [-0.05, 0) is 29.7 Å². The van der Waals surface area contributed by atoms with Crippen molar-refractivity contribution in [3.8, 4) is 0 Å². The second kappa shape index (κ2) is 4.05. The largest absolute Gasteiger partial charge is 0.274 e. The lowest BCUT2D eigenvalue weighted by Crippen LogP contribution is -2.25. The Hall–Kier alpha value is -1.52. The third kappa shape index (κ3) is 1.61. The van der Waals surface area contributed by atoms with Crippen LogP contribution in [0.25, 0.3) is 0 Å². The molecule has 0 bridgehead atoms. The highest BCUT2D eigenvalue weighted by molar-refractivity contribution is 8.01. The van der Waals surface area contributed by atoms with E-state index in [1.54, 1.807) is 28.0 Å². The summed E-state index contributed by atoms with van der Waals surface area (Å²) in [6.07, 6.45) is 1.36. The Morgan fingerprint density at radius 1 is 1.24 bits per heavy atom. The molecule has 1 aliphatic rings. The van der Waals surface area contributed by atoms with E-state index in [1.807, 2.05) is 35.7 Å². The van der Waals surface area contributed by atoms with Gasteiger partial charge in [-0.15, -0.1) is 11.3 Å². The summed E-state index contributed by atoms with van der Waals surface area (Å²) < 4.78 is 1.15. The van der Waals surface area contributed by atoms with Gasteiger partial charge in [0.2, 0.25) is 0 Å². The van der Waals surface area contributed by atoms with Crippen molar-refractivity contribution in [2.75, 3.05) is 4.90 Å². The van der Waals surface area contributed by atoms with E-state index >= 15 is 0 Å². The van der Waals surface area contributed by atoms with Gasteiger partial charge >= 0.3 is 0 Å². The molecule has 0 saturated carbocycles. The predicted octanol–water partition coefficient (Wildman–Crippen LogP) is 4.06. The molecule has 0 unspecified atom stereocenters. The molecule has 1 amide bonds. The van der Waals surface area contributed by atoms with Gasteiger partial charge < -0.3 is 0 Å². The van der Waals surface area contributed by atoms with Gasteiger partial charge in [0.25, 0.3) is 5.91 Å². The quantitative estimate of drug-likeness (QED) is 0.720. The molecule has 17 heavy (non-hydrogen) atoms. The average Bonchev–Trinajstić information content (AvgIpc) is 2.82. The molecule has 2 nitrogen and oxygen atoms in total. The molecule has 1 aromatic heterocycles. The number of benzene rings is 1. The van der Waals surface area contributed by atoms with Crippen molar-refractivity contribution in [1.29, 1.82) is 0 Å². The van der Waals surface area contributed by atoms with Crippen LogP contribution in [0.3, 0.4) is 0 Å². The number of rotatable bonds is 1. The van der Waals surface area contributed by atoms with Gasteiger partial charge in [-0.1, -0.05) is 30.5 Å². The van der Waals surface area contributed by atoms with Gasteiger partial charge in [-0.25, -0.2) is 0 Å². The Balaban J connectivity index is 2.22. The number of hydrogen-bond acceptors (Lipinski definition) is 3. The molecule has 0 atom stereocenters. The van der Waals surface area contributed by atoms with Crippen molar-refractivity contribution in [1.82, 2.24) is 0 Å². The number of anilines is 2. The number of hydrogen-bond donors (Lipinski definition) is 0. The molecule has 84 valence electrons. The first-order chi connectivity index (χ1) is 8.31. The van der Waals surface area contributed by atoms with Gasteiger partial charge in [-0.2, -0.15) is 0 Å². The third-order valence-corrected chi connectivity index (χ3v) is 4.75. The van der Waals surface area contributed by atoms with E-state index < -0.39 is 0 Å². The van der Waals surface area contributed by atoms with Crippen LogP contribution in [0.4, 0.5) is 11.4 Å². The number of carbonyl (C=O) groups excluding carboxylic acids is 1. The van der Waals surface area contributed by atoms with Crippen molar-refractivity contribution in [2.45, 2.75) is 9.10 Å². The molecule has 0 N–H and O–H groups in total. The fourth-order valence-electron chi connectivity index (χ4n) is 1.82. The maximum absolute atomic E-state index is 12.0. The predicted molar refractivity (Wildman–Crippen MR) is 72.2 cm³/mol. The maximum Gasteiger partial charge on any atom is 0.255 e. The topological polar surface area (TPSA) is 20.3 Å². The minimum Gasteiger partial charge on any atom is -0.274 e. The minimum atomic E-state index is -0.0857. The summed E-state index contributed by atoms with van der Waals surface area (Å²) in [4.78, 5) is 14.8. The normalized spacial score (nSPS) is 12.8. The van der Waals surface area contributed by atoms with Gasteiger partial charge in [-0.3, -0.25) is 9.69 Å². The molecular weight excluding hydrogens is 250 g/mol. The molecule has 0 radical (unpaired) electrons. The average molecular weight is 259 g/mol. The Morgan fingerprint density at radius 3 is 2.88 bits per heavy atom. The molecule has 3 rings (SSSR count). The molecule has 0 fully saturated rings. The van der Waals surface area contributed by atoms with Crippen molar-refractivity contribution in [3.63, 3.8) is 0 Å². The molecule has 1 aliphatic heterocycles. The van der Waals surface area contributed by atoms with Crippen LogP contribution in [0.1, 0.15) is 0 Å². The lowest BCUT2D eigenvalue weighted by atomic mass is 10.2. The van der Waals surface area contributed by atoms with Gasteiger partial charge in [0.15, 0.2) is 0 Å². The van der Waals surface area contributed by atoms with E-state index in [1.165, 1.54) is 6.08 Å². The zero-order valence-electron chi connectivity index (χ0n) is 8.92. The molecule has 0 spiro atoms. The second-order valence-electron chi connectivity index (χ2n) is 3.54. The number of amides is 1. The summed E-state index contributed by atoms with van der Waals surface area (Å²) >= 11 is 3.37. The Kier molecular flexibility index (Phi) is 2.53. The second-order valence-corrected chi connectivity index (χ2v) is 5.77. The summed E-state index contributed by atoms with van der Waals surface area (Å²) in [5.41, 5.74) is 1.90. The van der Waals surface area contributed by atoms with Crippen LogP contribution in [-0.2, 0) is 4.79 Å². The number of para-hydroxylation sites is 1. The highest BCUT2D eigenvalue weighted by Crippen LogP contribution is 2.50. The van der Waals surface area contributed by atoms with E-state index in [4.69, 9.17) is 0 Å². The first-order valence-corrected chi connectivity index (χ1v) is 6.82. The van der Waals surface area contributed by atoms with Crippen molar-refractivity contribution in [3.05, 3.63) is 48.4 Å². The Bertz CT molecular complexity index is 603. The van der Waals surface area contributed by atoms with Crippen LogP contribution < -0.4 is 4.90 Å². The lowest BCUT2D eigenvalue weighted by Gasteiger charge is -2.27. The van der Waals surface area contributed by atoms with E-state index in [9.17, 15) is 4.79 Å². The lowest BCUT2D eigenvalue weighted by molar-refractivity contribution is -0.113. The molecule has 4 heteroatoms. The maximum atomic E-state index is 12.0. The van der Waals surface area contributed by atoms with Crippen LogP contribution in [0, 0.1) is 0 Å². The smallest absolute Gasteiger partial charge is 0.255 e. The number of thiophene rings is 1. The molecular formula is C13H9NOS2. The van der Waals surface area contributed by atoms with E-state index in [0.717, 1.165) is 20.5 Å². The van der Waals surface area contributed by atoms with Crippen LogP contribution in [0.2, 0.25) is 0 Å². The first kappa shape index (κ1) is 10.6. The summed E-state index contributed by atoms with van der Waals surface area (Å²) in [7, 11) is 0. The third-order valence-electron chi connectivity index (χ3n) is 2.55. The molecule has 1 aromatic carbocycles. The standard InChI is InChI=1S/C13H9NOS2/c1-2-12(15)14-9-5-3-4-6-11(9)17-13-10(14)7-8-16-13/h2-8H,1H2. The number of carbonyl (C=O) groups is 1. The van der Waals surface area contributed by atoms with E-state index in [-0.39, 0.29) is 5.91 Å². The van der Waals surface area contributed by atoms with Crippen LogP contribution in [0.15, 0.2) is 57.5 Å². The van der Waals surface area contributed by atoms with Crippen LogP contribution in [0.5, 0.6) is 0 Å². The summed E-state index contributed by atoms with van der Waals surface area (Å²) in [5.74, 6) is -0.0857. The minimum absolute atomic E-state index is 0.0857. The SMILES string of the molecule is C=CC(=O)N1c2ccccc2Sc2sccc21. The highest BCUT2D eigenvalue weighted by atomic mass is 32.2. The first-order valence-electron chi connectivity index (χ1n) is 5.12.